The van der Waals surface area contributed by atoms with Crippen LogP contribution in [0.15, 0.2) is 59.7 Å². The van der Waals surface area contributed by atoms with Crippen LogP contribution in [-0.4, -0.2) is 55.2 Å². The molecule has 1 saturated heterocycles. The largest absolute Gasteiger partial charge is 0.460 e. The molecule has 0 spiro atoms. The predicted molar refractivity (Wildman–Crippen MR) is 136 cm³/mol. The van der Waals surface area contributed by atoms with Gasteiger partial charge in [0, 0.05) is 63.4 Å². The summed E-state index contributed by atoms with van der Waals surface area (Å²) in [5.41, 5.74) is 1.67. The summed E-state index contributed by atoms with van der Waals surface area (Å²) < 4.78 is 22.2. The monoisotopic (exact) mass is 505 g/mol. The van der Waals surface area contributed by atoms with Crippen molar-refractivity contribution in [1.82, 2.24) is 24.2 Å². The van der Waals surface area contributed by atoms with Crippen LogP contribution in [0, 0.1) is 0 Å². The summed E-state index contributed by atoms with van der Waals surface area (Å²) in [7, 11) is 1.69. The number of alkyl halides is 1. The van der Waals surface area contributed by atoms with Crippen molar-refractivity contribution in [1.29, 1.82) is 0 Å². The molecule has 3 heterocycles. The van der Waals surface area contributed by atoms with Crippen molar-refractivity contribution < 1.29 is 19.0 Å². The molecule has 37 heavy (non-hydrogen) atoms. The number of aliphatic hydroxyl groups is 1. The molecule has 10 heteroatoms. The summed E-state index contributed by atoms with van der Waals surface area (Å²) in [6, 6.07) is 12.7. The molecule has 5 rings (SSSR count). The van der Waals surface area contributed by atoms with Crippen LogP contribution in [0.2, 0.25) is 0 Å². The molecule has 2 aromatic heterocycles. The van der Waals surface area contributed by atoms with Crippen LogP contribution in [0.3, 0.4) is 0 Å². The minimum Gasteiger partial charge on any atom is -0.460 e. The molecule has 1 unspecified atom stereocenters. The van der Waals surface area contributed by atoms with E-state index in [9.17, 15) is 19.1 Å². The van der Waals surface area contributed by atoms with Crippen LogP contribution in [0.1, 0.15) is 31.2 Å². The number of piperidine rings is 1. The number of hydrogen-bond donors (Lipinski definition) is 1. The number of benzene rings is 2. The van der Waals surface area contributed by atoms with E-state index in [-0.39, 0.29) is 5.56 Å². The quantitative estimate of drug-likeness (QED) is 0.388. The SMILES string of the molecule is CC(F)Oc1ccccc1Cn1c2cc(-c3cnc(C4(O)CCN(C=O)CC4)nc3)ccc2c(=O)n1C. The van der Waals surface area contributed by atoms with Gasteiger partial charge in [0.1, 0.15) is 11.4 Å². The van der Waals surface area contributed by atoms with Gasteiger partial charge in [-0.2, -0.15) is 0 Å². The maximum Gasteiger partial charge on any atom is 0.274 e. The summed E-state index contributed by atoms with van der Waals surface area (Å²) >= 11 is 0. The number of aromatic nitrogens is 4. The molecule has 0 saturated carbocycles. The highest BCUT2D eigenvalue weighted by Gasteiger charge is 2.36. The minimum absolute atomic E-state index is 0.144. The average molecular weight is 506 g/mol. The fraction of sp³-hybridized carbons (Fsp3) is 0.333. The number of para-hydroxylation sites is 1. The molecule has 1 atom stereocenters. The number of rotatable bonds is 7. The van der Waals surface area contributed by atoms with Gasteiger partial charge in [0.2, 0.25) is 12.8 Å². The molecule has 1 aliphatic heterocycles. The summed E-state index contributed by atoms with van der Waals surface area (Å²) in [5.74, 6) is 0.752. The topological polar surface area (TPSA) is 102 Å². The highest BCUT2D eigenvalue weighted by atomic mass is 19.1. The second-order valence-corrected chi connectivity index (χ2v) is 9.36. The van der Waals surface area contributed by atoms with Gasteiger partial charge in [-0.25, -0.2) is 14.4 Å². The van der Waals surface area contributed by atoms with E-state index >= 15 is 0 Å². The Morgan fingerprint density at radius 3 is 2.51 bits per heavy atom. The van der Waals surface area contributed by atoms with E-state index < -0.39 is 12.0 Å². The zero-order valence-corrected chi connectivity index (χ0v) is 20.7. The third kappa shape index (κ3) is 4.72. The Kier molecular flexibility index (Phi) is 6.51. The Labute approximate surface area is 212 Å². The standard InChI is InChI=1S/C27H28FN5O4/c1-18(28)37-24-6-4-3-5-20(24)16-33-23-13-19(7-8-22(23)25(35)31(33)2)21-14-29-26(30-15-21)27(36)9-11-32(17-34)12-10-27/h3-8,13-15,17-18,36H,9-12,16H2,1-2H3. The highest BCUT2D eigenvalue weighted by Crippen LogP contribution is 2.31. The van der Waals surface area contributed by atoms with Gasteiger partial charge in [-0.1, -0.05) is 24.3 Å². The molecular weight excluding hydrogens is 477 g/mol. The van der Waals surface area contributed by atoms with E-state index in [1.54, 1.807) is 42.5 Å². The highest BCUT2D eigenvalue weighted by molar-refractivity contribution is 5.84. The first-order chi connectivity index (χ1) is 17.8. The Morgan fingerprint density at radius 1 is 1.14 bits per heavy atom. The number of fused-ring (bicyclic) bond motifs is 1. The lowest BCUT2D eigenvalue weighted by atomic mass is 9.90. The Hall–Kier alpha value is -4.05. The van der Waals surface area contributed by atoms with Gasteiger partial charge in [0.05, 0.1) is 17.4 Å². The van der Waals surface area contributed by atoms with Crippen molar-refractivity contribution in [2.75, 3.05) is 13.1 Å². The number of hydrogen-bond acceptors (Lipinski definition) is 6. The molecular formula is C27H28FN5O4. The Balaban J connectivity index is 1.47. The smallest absolute Gasteiger partial charge is 0.274 e. The molecule has 1 fully saturated rings. The summed E-state index contributed by atoms with van der Waals surface area (Å²) in [5, 5.41) is 11.6. The van der Waals surface area contributed by atoms with Gasteiger partial charge < -0.3 is 14.7 Å². The molecule has 1 N–H and O–H groups in total. The fourth-order valence-corrected chi connectivity index (χ4v) is 4.77. The van der Waals surface area contributed by atoms with Crippen LogP contribution < -0.4 is 10.3 Å². The van der Waals surface area contributed by atoms with E-state index in [2.05, 4.69) is 9.97 Å². The number of halogens is 1. The van der Waals surface area contributed by atoms with Crippen molar-refractivity contribution in [3.8, 4) is 16.9 Å². The number of carbonyl (C=O) groups excluding carboxylic acids is 1. The van der Waals surface area contributed by atoms with Gasteiger partial charge in [0.25, 0.3) is 5.56 Å². The van der Waals surface area contributed by atoms with Gasteiger partial charge in [-0.15, -0.1) is 0 Å². The fourth-order valence-electron chi connectivity index (χ4n) is 4.77. The van der Waals surface area contributed by atoms with E-state index in [4.69, 9.17) is 4.74 Å². The third-order valence-corrected chi connectivity index (χ3v) is 6.92. The van der Waals surface area contributed by atoms with Crippen LogP contribution in [0.25, 0.3) is 22.0 Å². The van der Waals surface area contributed by atoms with Crippen molar-refractivity contribution >= 4 is 17.3 Å². The van der Waals surface area contributed by atoms with Crippen LogP contribution in [0.5, 0.6) is 5.75 Å². The zero-order valence-electron chi connectivity index (χ0n) is 20.7. The summed E-state index contributed by atoms with van der Waals surface area (Å²) in [4.78, 5) is 34.4. The van der Waals surface area contributed by atoms with Gasteiger partial charge >= 0.3 is 0 Å². The number of carbonyl (C=O) groups is 1. The molecule has 0 aliphatic carbocycles. The molecule has 2 aromatic carbocycles. The number of amides is 1. The Bertz CT molecular complexity index is 1490. The van der Waals surface area contributed by atoms with Gasteiger partial charge in [0.15, 0.2) is 5.82 Å². The van der Waals surface area contributed by atoms with Crippen LogP contribution in [0.4, 0.5) is 4.39 Å². The maximum atomic E-state index is 13.6. The normalized spacial score (nSPS) is 16.1. The van der Waals surface area contributed by atoms with E-state index in [0.717, 1.165) is 23.1 Å². The predicted octanol–water partition coefficient (Wildman–Crippen LogP) is 2.98. The van der Waals surface area contributed by atoms with Crippen LogP contribution in [-0.2, 0) is 24.0 Å². The second-order valence-electron chi connectivity index (χ2n) is 9.36. The van der Waals surface area contributed by atoms with Crippen LogP contribution >= 0.6 is 0 Å². The van der Waals surface area contributed by atoms with Crippen molar-refractivity contribution in [2.24, 2.45) is 7.05 Å². The molecule has 4 aromatic rings. The molecule has 9 nitrogen and oxygen atoms in total. The first kappa shape index (κ1) is 24.6. The molecule has 192 valence electrons. The molecule has 0 radical (unpaired) electrons. The second kappa shape index (κ2) is 9.78. The molecule has 0 bridgehead atoms. The van der Waals surface area contributed by atoms with Crippen molar-refractivity contribution in [3.05, 3.63) is 76.6 Å². The number of likely N-dealkylation sites (tertiary alicyclic amines) is 1. The van der Waals surface area contributed by atoms with E-state index in [1.165, 1.54) is 11.6 Å². The van der Waals surface area contributed by atoms with Gasteiger partial charge in [-0.05, 0) is 23.8 Å². The molecule has 1 amide bonds. The first-order valence-electron chi connectivity index (χ1n) is 12.1. The third-order valence-electron chi connectivity index (χ3n) is 6.92. The van der Waals surface area contributed by atoms with Crippen molar-refractivity contribution in [2.45, 2.75) is 38.3 Å². The van der Waals surface area contributed by atoms with Gasteiger partial charge in [-0.3, -0.25) is 19.0 Å². The summed E-state index contributed by atoms with van der Waals surface area (Å²) in [6.45, 7) is 2.53. The number of nitrogens with zero attached hydrogens (tertiary/aromatic N) is 5. The van der Waals surface area contributed by atoms with Crippen molar-refractivity contribution in [3.63, 3.8) is 0 Å². The first-order valence-corrected chi connectivity index (χ1v) is 12.1. The average Bonchev–Trinajstić information content (AvgIpc) is 3.14. The zero-order chi connectivity index (χ0) is 26.2. The Morgan fingerprint density at radius 2 is 1.84 bits per heavy atom. The minimum atomic E-state index is -1.46. The summed E-state index contributed by atoms with van der Waals surface area (Å²) in [6.07, 6.45) is 3.39. The number of ether oxygens (including phenoxy) is 1. The lowest BCUT2D eigenvalue weighted by Gasteiger charge is -2.35. The van der Waals surface area contributed by atoms with E-state index in [1.807, 2.05) is 28.9 Å². The molecule has 1 aliphatic rings. The van der Waals surface area contributed by atoms with E-state index in [0.29, 0.717) is 55.0 Å². The lowest BCUT2D eigenvalue weighted by molar-refractivity contribution is -0.122. The lowest BCUT2D eigenvalue weighted by Crippen LogP contribution is -2.42. The maximum absolute atomic E-state index is 13.6.